The molecule has 0 aromatic heterocycles. The summed E-state index contributed by atoms with van der Waals surface area (Å²) in [5, 5.41) is 0. The van der Waals surface area contributed by atoms with E-state index in [1.165, 1.54) is 22.3 Å². The molecule has 0 nitrogen and oxygen atoms in total. The molecule has 0 saturated heterocycles. The molecule has 0 aromatic rings. The molecule has 2 radical (unpaired) electrons. The highest BCUT2D eigenvalue weighted by atomic mass is 14.1. The second-order valence-corrected chi connectivity index (χ2v) is 4.10. The second-order valence-electron chi connectivity index (χ2n) is 4.10. The van der Waals surface area contributed by atoms with E-state index in [1.807, 2.05) is 0 Å². The van der Waals surface area contributed by atoms with Crippen LogP contribution in [-0.2, 0) is 0 Å². The van der Waals surface area contributed by atoms with Crippen molar-refractivity contribution in [2.75, 3.05) is 0 Å². The molecule has 0 heteroatoms. The molecule has 15 heavy (non-hydrogen) atoms. The van der Waals surface area contributed by atoms with Crippen molar-refractivity contribution in [1.82, 2.24) is 0 Å². The summed E-state index contributed by atoms with van der Waals surface area (Å²) in [4.78, 5) is 0. The lowest BCUT2D eigenvalue weighted by Crippen LogP contribution is -1.95. The molecule has 2 rings (SSSR count). The van der Waals surface area contributed by atoms with Crippen molar-refractivity contribution in [3.8, 4) is 0 Å². The smallest absolute Gasteiger partial charge is 0.0128 e. The van der Waals surface area contributed by atoms with Crippen LogP contribution in [0.4, 0.5) is 0 Å². The first-order valence-corrected chi connectivity index (χ1v) is 5.37. The van der Waals surface area contributed by atoms with Gasteiger partial charge >= 0.3 is 0 Å². The van der Waals surface area contributed by atoms with Crippen LogP contribution in [0.2, 0.25) is 0 Å². The maximum Gasteiger partial charge on any atom is 0.0128 e. The molecule has 0 amide bonds. The van der Waals surface area contributed by atoms with Gasteiger partial charge in [0.2, 0.25) is 0 Å². The second kappa shape index (κ2) is 4.48. The Morgan fingerprint density at radius 1 is 0.933 bits per heavy atom. The van der Waals surface area contributed by atoms with Crippen LogP contribution >= 0.6 is 0 Å². The SMILES string of the molecule is CC1=CC=C(C2=CC=C(C)C[CH]2)[CH]C=C1. The number of hydrogen-bond acceptors (Lipinski definition) is 0. The van der Waals surface area contributed by atoms with Crippen LogP contribution in [0.3, 0.4) is 0 Å². The summed E-state index contributed by atoms with van der Waals surface area (Å²) in [6.07, 6.45) is 18.5. The lowest BCUT2D eigenvalue weighted by atomic mass is 9.92. The zero-order valence-corrected chi connectivity index (χ0v) is 9.33. The van der Waals surface area contributed by atoms with Crippen molar-refractivity contribution < 1.29 is 0 Å². The molecule has 0 unspecified atom stereocenters. The predicted octanol–water partition coefficient (Wildman–Crippen LogP) is 4.11. The minimum atomic E-state index is 1.07. The molecule has 0 N–H and O–H groups in total. The molecular formula is C15H16. The van der Waals surface area contributed by atoms with Crippen LogP contribution in [0.5, 0.6) is 0 Å². The normalized spacial score (nSPS) is 21.2. The van der Waals surface area contributed by atoms with Gasteiger partial charge in [0.25, 0.3) is 0 Å². The summed E-state index contributed by atoms with van der Waals surface area (Å²) in [6, 6.07) is 0. The monoisotopic (exact) mass is 196 g/mol. The van der Waals surface area contributed by atoms with E-state index < -0.39 is 0 Å². The third kappa shape index (κ3) is 2.59. The van der Waals surface area contributed by atoms with Crippen molar-refractivity contribution in [3.63, 3.8) is 0 Å². The maximum absolute atomic E-state index is 2.29. The van der Waals surface area contributed by atoms with Crippen LogP contribution in [0.25, 0.3) is 0 Å². The zero-order chi connectivity index (χ0) is 10.7. The van der Waals surface area contributed by atoms with Gasteiger partial charge in [0.15, 0.2) is 0 Å². The molecule has 2 aliphatic rings. The van der Waals surface area contributed by atoms with E-state index in [9.17, 15) is 0 Å². The van der Waals surface area contributed by atoms with Gasteiger partial charge in [-0.3, -0.25) is 0 Å². The number of hydrogen-bond donors (Lipinski definition) is 0. The standard InChI is InChI=1S/C15H16/c1-12-4-3-5-14(9-6-12)15-10-7-13(2)8-11-15/h3-7,9-11H,8H2,1-2H3. The van der Waals surface area contributed by atoms with E-state index in [-0.39, 0.29) is 0 Å². The molecule has 0 atom stereocenters. The fourth-order valence-corrected chi connectivity index (χ4v) is 1.68. The third-order valence-corrected chi connectivity index (χ3v) is 2.69. The van der Waals surface area contributed by atoms with Crippen molar-refractivity contribution >= 4 is 0 Å². The van der Waals surface area contributed by atoms with Crippen molar-refractivity contribution in [1.29, 1.82) is 0 Å². The molecule has 0 spiro atoms. The Balaban J connectivity index is 2.22. The first-order valence-electron chi connectivity index (χ1n) is 5.37. The van der Waals surface area contributed by atoms with E-state index >= 15 is 0 Å². The van der Waals surface area contributed by atoms with E-state index in [0.29, 0.717) is 0 Å². The van der Waals surface area contributed by atoms with Gasteiger partial charge in [0, 0.05) is 6.42 Å². The molecule has 0 fully saturated rings. The van der Waals surface area contributed by atoms with Gasteiger partial charge in [-0.15, -0.1) is 0 Å². The summed E-state index contributed by atoms with van der Waals surface area (Å²) in [7, 11) is 0. The third-order valence-electron chi connectivity index (χ3n) is 2.69. The highest BCUT2D eigenvalue weighted by molar-refractivity contribution is 5.52. The molecule has 0 saturated carbocycles. The molecule has 0 aliphatic heterocycles. The van der Waals surface area contributed by atoms with Gasteiger partial charge in [-0.05, 0) is 37.8 Å². The minimum absolute atomic E-state index is 1.07. The Bertz CT molecular complexity index is 398. The molecule has 2 aliphatic carbocycles. The minimum Gasteiger partial charge on any atom is -0.0758 e. The molecule has 0 bridgehead atoms. The van der Waals surface area contributed by atoms with Gasteiger partial charge in [-0.2, -0.15) is 0 Å². The number of rotatable bonds is 1. The van der Waals surface area contributed by atoms with Crippen LogP contribution in [0.1, 0.15) is 20.3 Å². The lowest BCUT2D eigenvalue weighted by Gasteiger charge is -2.13. The highest BCUT2D eigenvalue weighted by Gasteiger charge is 2.08. The summed E-state index contributed by atoms with van der Waals surface area (Å²) in [5.74, 6) is 0. The van der Waals surface area contributed by atoms with Crippen LogP contribution in [0, 0.1) is 12.8 Å². The summed E-state index contributed by atoms with van der Waals surface area (Å²) in [5.41, 5.74) is 5.35. The van der Waals surface area contributed by atoms with Crippen LogP contribution in [-0.4, -0.2) is 0 Å². The first kappa shape index (κ1) is 10.2. The van der Waals surface area contributed by atoms with Gasteiger partial charge in [0.1, 0.15) is 0 Å². The Labute approximate surface area is 92.4 Å². The van der Waals surface area contributed by atoms with Crippen LogP contribution < -0.4 is 0 Å². The lowest BCUT2D eigenvalue weighted by molar-refractivity contribution is 1.09. The van der Waals surface area contributed by atoms with Crippen molar-refractivity contribution in [3.05, 3.63) is 71.6 Å². The van der Waals surface area contributed by atoms with E-state index in [2.05, 4.69) is 63.1 Å². The predicted molar refractivity (Wildman–Crippen MR) is 66.0 cm³/mol. The summed E-state index contributed by atoms with van der Waals surface area (Å²) in [6.45, 7) is 4.28. The summed E-state index contributed by atoms with van der Waals surface area (Å²) < 4.78 is 0. The van der Waals surface area contributed by atoms with Gasteiger partial charge in [-0.25, -0.2) is 0 Å². The van der Waals surface area contributed by atoms with Gasteiger partial charge in [-0.1, -0.05) is 47.6 Å². The van der Waals surface area contributed by atoms with Crippen molar-refractivity contribution in [2.24, 2.45) is 0 Å². The molecular weight excluding hydrogens is 180 g/mol. The summed E-state index contributed by atoms with van der Waals surface area (Å²) >= 11 is 0. The van der Waals surface area contributed by atoms with E-state index in [4.69, 9.17) is 0 Å². The van der Waals surface area contributed by atoms with Crippen LogP contribution in [0.15, 0.2) is 58.7 Å². The highest BCUT2D eigenvalue weighted by Crippen LogP contribution is 2.26. The van der Waals surface area contributed by atoms with Gasteiger partial charge in [0.05, 0.1) is 0 Å². The maximum atomic E-state index is 2.29. The first-order chi connectivity index (χ1) is 7.25. The van der Waals surface area contributed by atoms with Gasteiger partial charge < -0.3 is 0 Å². The topological polar surface area (TPSA) is 0 Å². The quantitative estimate of drug-likeness (QED) is 0.592. The molecule has 0 aromatic carbocycles. The molecule has 0 heterocycles. The van der Waals surface area contributed by atoms with E-state index in [1.54, 1.807) is 0 Å². The van der Waals surface area contributed by atoms with E-state index in [0.717, 1.165) is 6.42 Å². The number of allylic oxidation sites excluding steroid dienone is 10. The molecule has 76 valence electrons. The zero-order valence-electron chi connectivity index (χ0n) is 9.33. The Hall–Kier alpha value is -1.30. The Morgan fingerprint density at radius 2 is 1.73 bits per heavy atom. The average molecular weight is 196 g/mol. The fraction of sp³-hybridized carbons (Fsp3) is 0.200. The largest absolute Gasteiger partial charge is 0.0758 e. The Morgan fingerprint density at radius 3 is 2.47 bits per heavy atom. The fourth-order valence-electron chi connectivity index (χ4n) is 1.68. The van der Waals surface area contributed by atoms with Crippen molar-refractivity contribution in [2.45, 2.75) is 20.3 Å². The average Bonchev–Trinajstić information content (AvgIpc) is 2.44. The Kier molecular flexibility index (Phi) is 3.05.